The van der Waals surface area contributed by atoms with Gasteiger partial charge in [0, 0.05) is 29.8 Å². The molecular weight excluding hydrogens is 407 g/mol. The molecule has 10 heteroatoms. The van der Waals surface area contributed by atoms with Crippen molar-refractivity contribution in [3.05, 3.63) is 59.4 Å². The van der Waals surface area contributed by atoms with E-state index >= 15 is 0 Å². The lowest BCUT2D eigenvalue weighted by atomic mass is 10.0. The van der Waals surface area contributed by atoms with Crippen LogP contribution in [-0.4, -0.2) is 29.9 Å². The molecule has 5 nitrogen and oxygen atoms in total. The van der Waals surface area contributed by atoms with E-state index in [9.17, 15) is 26.7 Å². The molecule has 0 aliphatic heterocycles. The normalized spacial score (nSPS) is 21.9. The Balaban J connectivity index is 2.19. The third kappa shape index (κ3) is 3.30. The Hall–Kier alpha value is -2.10. The van der Waals surface area contributed by atoms with Gasteiger partial charge in [0.25, 0.3) is 0 Å². The number of benzene rings is 1. The summed E-state index contributed by atoms with van der Waals surface area (Å²) in [7, 11) is -5.07. The Morgan fingerprint density at radius 2 is 2.11 bits per heavy atom. The van der Waals surface area contributed by atoms with Crippen molar-refractivity contribution in [1.82, 2.24) is 4.98 Å². The molecule has 1 aliphatic rings. The number of aliphatic hydroxyl groups excluding tert-OH is 1. The van der Waals surface area contributed by atoms with Crippen LogP contribution in [0.1, 0.15) is 17.2 Å². The first-order chi connectivity index (χ1) is 12.6. The van der Waals surface area contributed by atoms with E-state index in [4.69, 9.17) is 16.3 Å². The highest BCUT2D eigenvalue weighted by Gasteiger charge is 2.49. The van der Waals surface area contributed by atoms with Gasteiger partial charge in [-0.2, -0.15) is 8.78 Å². The number of hydrogen-bond acceptors (Lipinski definition) is 5. The lowest BCUT2D eigenvalue weighted by molar-refractivity contribution is 0.0381. The van der Waals surface area contributed by atoms with E-state index in [1.165, 1.54) is 18.5 Å². The molecule has 1 heterocycles. The topological polar surface area (TPSA) is 76.5 Å². The fraction of sp³-hybridized carbons (Fsp3) is 0.235. The summed E-state index contributed by atoms with van der Waals surface area (Å²) in [6.45, 7) is 3.30. The number of nitrogens with zero attached hydrogens (tertiary/aromatic N) is 1. The van der Waals surface area contributed by atoms with Crippen molar-refractivity contribution >= 4 is 21.4 Å². The first kappa shape index (κ1) is 19.7. The van der Waals surface area contributed by atoms with Crippen LogP contribution >= 0.6 is 11.6 Å². The van der Waals surface area contributed by atoms with Gasteiger partial charge in [-0.15, -0.1) is 0 Å². The van der Waals surface area contributed by atoms with E-state index in [0.717, 1.165) is 18.2 Å². The summed E-state index contributed by atoms with van der Waals surface area (Å²) in [5.74, 6) is -3.57. The second-order valence-electron chi connectivity index (χ2n) is 5.91. The summed E-state index contributed by atoms with van der Waals surface area (Å²) in [4.78, 5) is 2.97. The molecule has 144 valence electrons. The quantitative estimate of drug-likeness (QED) is 0.741. The third-order valence-corrected chi connectivity index (χ3v) is 5.88. The molecule has 0 bridgehead atoms. The lowest BCUT2D eigenvalue weighted by Gasteiger charge is -2.20. The third-order valence-electron chi connectivity index (χ3n) is 4.24. The zero-order valence-electron chi connectivity index (χ0n) is 13.6. The SMILES string of the molecule is C=CC1(F)Cc2c(Oc3cncc(Cl)c3)ccc(S(=O)(=O)C(F)F)c2C1O. The minimum atomic E-state index is -5.07. The Morgan fingerprint density at radius 1 is 1.41 bits per heavy atom. The number of alkyl halides is 3. The van der Waals surface area contributed by atoms with Gasteiger partial charge in [-0.3, -0.25) is 4.98 Å². The second kappa shape index (κ2) is 6.81. The molecule has 0 amide bonds. The molecule has 2 aromatic rings. The van der Waals surface area contributed by atoms with Crippen molar-refractivity contribution in [1.29, 1.82) is 0 Å². The summed E-state index contributed by atoms with van der Waals surface area (Å²) in [6.07, 6.45) is 0.980. The number of hydrogen-bond donors (Lipinski definition) is 1. The van der Waals surface area contributed by atoms with Crippen LogP contribution in [0.2, 0.25) is 5.02 Å². The molecule has 2 atom stereocenters. The molecule has 27 heavy (non-hydrogen) atoms. The zero-order chi connectivity index (χ0) is 20.0. The van der Waals surface area contributed by atoms with Crippen molar-refractivity contribution < 1.29 is 31.4 Å². The van der Waals surface area contributed by atoms with Gasteiger partial charge in [0.15, 0.2) is 5.67 Å². The van der Waals surface area contributed by atoms with Gasteiger partial charge in [0.1, 0.15) is 17.6 Å². The first-order valence-corrected chi connectivity index (χ1v) is 9.49. The van der Waals surface area contributed by atoms with Crippen LogP contribution in [0.5, 0.6) is 11.5 Å². The number of aromatic nitrogens is 1. The predicted molar refractivity (Wildman–Crippen MR) is 91.7 cm³/mol. The molecule has 1 N–H and O–H groups in total. The molecule has 0 radical (unpaired) electrons. The van der Waals surface area contributed by atoms with E-state index < -0.39 is 44.2 Å². The van der Waals surface area contributed by atoms with Gasteiger partial charge >= 0.3 is 5.76 Å². The molecule has 0 spiro atoms. The summed E-state index contributed by atoms with van der Waals surface area (Å²) >= 11 is 5.82. The van der Waals surface area contributed by atoms with E-state index in [1.807, 2.05) is 0 Å². The highest BCUT2D eigenvalue weighted by Crippen LogP contribution is 2.50. The molecule has 2 unspecified atom stereocenters. The summed E-state index contributed by atoms with van der Waals surface area (Å²) in [6, 6.07) is 3.38. The number of aliphatic hydroxyl groups is 1. The van der Waals surface area contributed by atoms with Gasteiger partial charge in [0.05, 0.1) is 16.1 Å². The molecule has 0 saturated heterocycles. The number of rotatable bonds is 5. The van der Waals surface area contributed by atoms with Crippen LogP contribution in [0, 0.1) is 0 Å². The molecule has 0 fully saturated rings. The number of pyridine rings is 1. The van der Waals surface area contributed by atoms with Gasteiger partial charge in [0.2, 0.25) is 9.84 Å². The van der Waals surface area contributed by atoms with Crippen LogP contribution in [0.3, 0.4) is 0 Å². The standard InChI is InChI=1S/C17H13ClF3NO4S/c1-2-17(21)6-11-12(26-10-5-9(18)7-22-8-10)3-4-13(14(11)15(17)23)27(24,25)16(19)20/h2-5,7-8,15-16,23H,1,6H2. The van der Waals surface area contributed by atoms with E-state index in [0.29, 0.717) is 0 Å². The molecule has 1 aromatic heterocycles. The Labute approximate surface area is 158 Å². The average Bonchev–Trinajstić information content (AvgIpc) is 2.88. The Bertz CT molecular complexity index is 1020. The van der Waals surface area contributed by atoms with Crippen LogP contribution < -0.4 is 4.74 Å². The van der Waals surface area contributed by atoms with Crippen molar-refractivity contribution in [2.75, 3.05) is 0 Å². The van der Waals surface area contributed by atoms with Gasteiger partial charge in [-0.05, 0) is 12.1 Å². The van der Waals surface area contributed by atoms with E-state index in [-0.39, 0.29) is 22.1 Å². The lowest BCUT2D eigenvalue weighted by Crippen LogP contribution is -2.26. The first-order valence-electron chi connectivity index (χ1n) is 7.57. The minimum Gasteiger partial charge on any atom is -0.455 e. The smallest absolute Gasteiger partial charge is 0.341 e. The highest BCUT2D eigenvalue weighted by molar-refractivity contribution is 7.91. The molecule has 1 aromatic carbocycles. The van der Waals surface area contributed by atoms with Gasteiger partial charge in [-0.25, -0.2) is 12.8 Å². The van der Waals surface area contributed by atoms with E-state index in [1.54, 1.807) is 0 Å². The Kier molecular flexibility index (Phi) is 4.96. The molecular formula is C17H13ClF3NO4S. The molecule has 1 aliphatic carbocycles. The van der Waals surface area contributed by atoms with Crippen molar-refractivity contribution in [3.8, 4) is 11.5 Å². The average molecular weight is 420 g/mol. The van der Waals surface area contributed by atoms with Gasteiger partial charge in [-0.1, -0.05) is 24.3 Å². The summed E-state index contributed by atoms with van der Waals surface area (Å²) in [5, 5.41) is 10.6. The van der Waals surface area contributed by atoms with Crippen LogP contribution in [-0.2, 0) is 16.3 Å². The van der Waals surface area contributed by atoms with Crippen LogP contribution in [0.25, 0.3) is 0 Å². The van der Waals surface area contributed by atoms with Crippen LogP contribution in [0.15, 0.2) is 48.1 Å². The number of ether oxygens (including phenoxy) is 1. The monoisotopic (exact) mass is 419 g/mol. The maximum Gasteiger partial charge on any atom is 0.341 e. The summed E-state index contributed by atoms with van der Waals surface area (Å²) in [5.41, 5.74) is -2.95. The van der Waals surface area contributed by atoms with Crippen molar-refractivity contribution in [2.45, 2.75) is 28.8 Å². The number of halogens is 4. The maximum atomic E-state index is 14.9. The predicted octanol–water partition coefficient (Wildman–Crippen LogP) is 4.01. The minimum absolute atomic E-state index is 0.0114. The molecule has 0 saturated carbocycles. The fourth-order valence-electron chi connectivity index (χ4n) is 2.91. The number of fused-ring (bicyclic) bond motifs is 1. The largest absolute Gasteiger partial charge is 0.455 e. The van der Waals surface area contributed by atoms with Crippen LogP contribution in [0.4, 0.5) is 13.2 Å². The summed E-state index contributed by atoms with van der Waals surface area (Å²) < 4.78 is 70.5. The van der Waals surface area contributed by atoms with Crippen molar-refractivity contribution in [2.24, 2.45) is 0 Å². The van der Waals surface area contributed by atoms with E-state index in [2.05, 4.69) is 11.6 Å². The highest BCUT2D eigenvalue weighted by atomic mass is 35.5. The second-order valence-corrected chi connectivity index (χ2v) is 8.23. The maximum absolute atomic E-state index is 14.9. The van der Waals surface area contributed by atoms with Gasteiger partial charge < -0.3 is 9.84 Å². The number of sulfone groups is 1. The molecule has 3 rings (SSSR count). The van der Waals surface area contributed by atoms with Crippen molar-refractivity contribution in [3.63, 3.8) is 0 Å². The fourth-order valence-corrected chi connectivity index (χ4v) is 4.07. The Morgan fingerprint density at radius 3 is 2.70 bits per heavy atom. The zero-order valence-corrected chi connectivity index (χ0v) is 15.1.